The maximum atomic E-state index is 12.6. The molecule has 150 valence electrons. The van der Waals surface area contributed by atoms with Gasteiger partial charge in [-0.25, -0.2) is 0 Å². The van der Waals surface area contributed by atoms with E-state index in [1.807, 2.05) is 13.8 Å². The Bertz CT molecular complexity index is 828. The molecule has 0 heterocycles. The van der Waals surface area contributed by atoms with Crippen molar-refractivity contribution in [3.05, 3.63) is 58.1 Å². The van der Waals surface area contributed by atoms with Gasteiger partial charge in [-0.3, -0.25) is 9.59 Å². The van der Waals surface area contributed by atoms with E-state index < -0.39 is 6.10 Å². The molecule has 0 aliphatic carbocycles. The molecule has 0 spiro atoms. The number of aryl methyl sites for hydroxylation is 2. The summed E-state index contributed by atoms with van der Waals surface area (Å²) in [6.45, 7) is 8.11. The lowest BCUT2D eigenvalue weighted by Gasteiger charge is -2.17. The lowest BCUT2D eigenvalue weighted by Crippen LogP contribution is -2.32. The van der Waals surface area contributed by atoms with Gasteiger partial charge in [-0.15, -0.1) is 0 Å². The Labute approximate surface area is 171 Å². The van der Waals surface area contributed by atoms with Crippen LogP contribution in [-0.4, -0.2) is 24.5 Å². The Morgan fingerprint density at radius 3 is 2.43 bits per heavy atom. The van der Waals surface area contributed by atoms with Gasteiger partial charge in [0.1, 0.15) is 5.75 Å². The molecule has 28 heavy (non-hydrogen) atoms. The number of benzene rings is 2. The predicted octanol–water partition coefficient (Wildman–Crippen LogP) is 4.89. The smallest absolute Gasteiger partial charge is 0.265 e. The standard InChI is InChI=1S/C22H27ClN2O3/c1-5-6-11-24-22(27)18-9-7-8-10-19(18)25-21(26)16(4)28-17-12-14(2)20(23)15(3)13-17/h7-10,12-13,16H,5-6,11H2,1-4H3,(H,24,27)(H,25,26)/t16-/m1/s1. The van der Waals surface area contributed by atoms with Gasteiger partial charge in [-0.2, -0.15) is 0 Å². The van der Waals surface area contributed by atoms with Gasteiger partial charge in [0.05, 0.1) is 11.3 Å². The van der Waals surface area contributed by atoms with Crippen molar-refractivity contribution in [2.45, 2.75) is 46.6 Å². The first-order chi connectivity index (χ1) is 13.3. The molecule has 6 heteroatoms. The summed E-state index contributed by atoms with van der Waals surface area (Å²) in [7, 11) is 0. The average Bonchev–Trinajstić information content (AvgIpc) is 2.66. The van der Waals surface area contributed by atoms with E-state index in [1.165, 1.54) is 0 Å². The minimum Gasteiger partial charge on any atom is -0.481 e. The normalized spacial score (nSPS) is 11.6. The van der Waals surface area contributed by atoms with E-state index in [-0.39, 0.29) is 11.8 Å². The van der Waals surface area contributed by atoms with Crippen LogP contribution < -0.4 is 15.4 Å². The zero-order valence-electron chi connectivity index (χ0n) is 16.8. The Balaban J connectivity index is 2.07. The molecule has 0 fully saturated rings. The summed E-state index contributed by atoms with van der Waals surface area (Å²) >= 11 is 6.18. The zero-order chi connectivity index (χ0) is 20.7. The molecule has 2 amide bonds. The molecule has 1 atom stereocenters. The number of rotatable bonds is 8. The first-order valence-electron chi connectivity index (χ1n) is 9.45. The number of halogens is 1. The topological polar surface area (TPSA) is 67.4 Å². The molecule has 0 saturated heterocycles. The third-order valence-electron chi connectivity index (χ3n) is 4.34. The van der Waals surface area contributed by atoms with Gasteiger partial charge in [0.25, 0.3) is 11.8 Å². The predicted molar refractivity (Wildman–Crippen MR) is 113 cm³/mol. The second kappa shape index (κ2) is 10.1. The first kappa shape index (κ1) is 21.8. The van der Waals surface area contributed by atoms with Crippen LogP contribution in [0.3, 0.4) is 0 Å². The Hall–Kier alpha value is -2.53. The zero-order valence-corrected chi connectivity index (χ0v) is 17.5. The maximum Gasteiger partial charge on any atom is 0.265 e. The van der Waals surface area contributed by atoms with E-state index >= 15 is 0 Å². The summed E-state index contributed by atoms with van der Waals surface area (Å²) in [5.74, 6) is 0.0357. The van der Waals surface area contributed by atoms with Crippen molar-refractivity contribution in [1.29, 1.82) is 0 Å². The van der Waals surface area contributed by atoms with Crippen LogP contribution in [0.5, 0.6) is 5.75 Å². The van der Waals surface area contributed by atoms with Crippen LogP contribution in [0.25, 0.3) is 0 Å². The fourth-order valence-electron chi connectivity index (χ4n) is 2.73. The highest BCUT2D eigenvalue weighted by molar-refractivity contribution is 6.32. The van der Waals surface area contributed by atoms with Gasteiger partial charge in [0.15, 0.2) is 6.10 Å². The molecule has 0 saturated carbocycles. The van der Waals surface area contributed by atoms with Crippen LogP contribution in [0.15, 0.2) is 36.4 Å². The number of hydrogen-bond acceptors (Lipinski definition) is 3. The molecule has 0 radical (unpaired) electrons. The molecule has 0 aromatic heterocycles. The van der Waals surface area contributed by atoms with Crippen molar-refractivity contribution in [2.24, 2.45) is 0 Å². The second-order valence-electron chi connectivity index (χ2n) is 6.78. The van der Waals surface area contributed by atoms with Gasteiger partial charge in [0, 0.05) is 11.6 Å². The van der Waals surface area contributed by atoms with Gasteiger partial charge in [0.2, 0.25) is 0 Å². The van der Waals surface area contributed by atoms with Gasteiger partial charge in [-0.05, 0) is 62.6 Å². The van der Waals surface area contributed by atoms with Crippen LogP contribution in [0, 0.1) is 13.8 Å². The summed E-state index contributed by atoms with van der Waals surface area (Å²) in [5.41, 5.74) is 2.66. The third-order valence-corrected chi connectivity index (χ3v) is 4.93. The van der Waals surface area contributed by atoms with Crippen LogP contribution in [0.1, 0.15) is 48.2 Å². The van der Waals surface area contributed by atoms with Crippen molar-refractivity contribution in [3.63, 3.8) is 0 Å². The fourth-order valence-corrected chi connectivity index (χ4v) is 2.84. The van der Waals surface area contributed by atoms with Crippen molar-refractivity contribution < 1.29 is 14.3 Å². The lowest BCUT2D eigenvalue weighted by atomic mass is 10.1. The highest BCUT2D eigenvalue weighted by Crippen LogP contribution is 2.26. The molecule has 2 rings (SSSR count). The summed E-state index contributed by atoms with van der Waals surface area (Å²) in [6.07, 6.45) is 1.17. The van der Waals surface area contributed by atoms with Crippen molar-refractivity contribution in [2.75, 3.05) is 11.9 Å². The minimum atomic E-state index is -0.740. The highest BCUT2D eigenvalue weighted by Gasteiger charge is 2.19. The Morgan fingerprint density at radius 1 is 1.14 bits per heavy atom. The molecular weight excluding hydrogens is 376 g/mol. The molecule has 0 aliphatic rings. The second-order valence-corrected chi connectivity index (χ2v) is 7.15. The number of hydrogen-bond donors (Lipinski definition) is 2. The van der Waals surface area contributed by atoms with E-state index in [0.717, 1.165) is 24.0 Å². The van der Waals surface area contributed by atoms with Gasteiger partial charge in [-0.1, -0.05) is 37.1 Å². The number of anilines is 1. The van der Waals surface area contributed by atoms with E-state index in [4.69, 9.17) is 16.3 Å². The monoisotopic (exact) mass is 402 g/mol. The van der Waals surface area contributed by atoms with E-state index in [0.29, 0.717) is 28.6 Å². The van der Waals surface area contributed by atoms with E-state index in [2.05, 4.69) is 17.6 Å². The molecule has 2 aromatic rings. The SMILES string of the molecule is CCCCNC(=O)c1ccccc1NC(=O)[C@@H](C)Oc1cc(C)c(Cl)c(C)c1. The molecule has 2 aromatic carbocycles. The number of para-hydroxylation sites is 1. The number of unbranched alkanes of at least 4 members (excludes halogenated alkanes) is 1. The van der Waals surface area contributed by atoms with Gasteiger partial charge < -0.3 is 15.4 Å². The summed E-state index contributed by atoms with van der Waals surface area (Å²) in [6, 6.07) is 10.5. The first-order valence-corrected chi connectivity index (χ1v) is 9.82. The molecule has 0 bridgehead atoms. The van der Waals surface area contributed by atoms with Crippen molar-refractivity contribution in [3.8, 4) is 5.75 Å². The fraction of sp³-hybridized carbons (Fsp3) is 0.364. The van der Waals surface area contributed by atoms with Crippen molar-refractivity contribution in [1.82, 2.24) is 5.32 Å². The van der Waals surface area contributed by atoms with Crippen LogP contribution in [0.4, 0.5) is 5.69 Å². The molecule has 5 nitrogen and oxygen atoms in total. The molecular formula is C22H27ClN2O3. The number of ether oxygens (including phenoxy) is 1. The summed E-state index contributed by atoms with van der Waals surface area (Å²) < 4.78 is 5.77. The van der Waals surface area contributed by atoms with E-state index in [1.54, 1.807) is 43.3 Å². The Kier molecular flexibility index (Phi) is 7.88. The number of carbonyl (C=O) groups excluding carboxylic acids is 2. The van der Waals surface area contributed by atoms with Crippen LogP contribution in [0.2, 0.25) is 5.02 Å². The molecule has 2 N–H and O–H groups in total. The average molecular weight is 403 g/mol. The highest BCUT2D eigenvalue weighted by atomic mass is 35.5. The summed E-state index contributed by atoms with van der Waals surface area (Å²) in [4.78, 5) is 25.0. The maximum absolute atomic E-state index is 12.6. The largest absolute Gasteiger partial charge is 0.481 e. The quantitative estimate of drug-likeness (QED) is 0.617. The van der Waals surface area contributed by atoms with Gasteiger partial charge >= 0.3 is 0 Å². The number of amides is 2. The van der Waals surface area contributed by atoms with Crippen molar-refractivity contribution >= 4 is 29.1 Å². The Morgan fingerprint density at radius 2 is 1.79 bits per heavy atom. The lowest BCUT2D eigenvalue weighted by molar-refractivity contribution is -0.122. The van der Waals surface area contributed by atoms with Crippen LogP contribution in [-0.2, 0) is 4.79 Å². The third kappa shape index (κ3) is 5.73. The summed E-state index contributed by atoms with van der Waals surface area (Å²) in [5, 5.41) is 6.35. The van der Waals surface area contributed by atoms with Crippen LogP contribution >= 0.6 is 11.6 Å². The molecule has 0 unspecified atom stereocenters. The number of nitrogens with one attached hydrogen (secondary N) is 2. The van der Waals surface area contributed by atoms with E-state index in [9.17, 15) is 9.59 Å². The number of carbonyl (C=O) groups is 2. The minimum absolute atomic E-state index is 0.207. The molecule has 0 aliphatic heterocycles.